The number of rotatable bonds is 7. The second kappa shape index (κ2) is 10.8. The van der Waals surface area contributed by atoms with Crippen molar-refractivity contribution in [3.05, 3.63) is 71.2 Å². The van der Waals surface area contributed by atoms with E-state index in [4.69, 9.17) is 8.85 Å². The van der Waals surface area contributed by atoms with Crippen LogP contribution >= 0.6 is 0 Å². The number of hydrogen-bond donors (Lipinski definition) is 1. The number of ether oxygens (including phenoxy) is 4. The molecule has 2 aromatic carbocycles. The fourth-order valence-corrected chi connectivity index (χ4v) is 2.93. The van der Waals surface area contributed by atoms with Crippen LogP contribution in [-0.2, 0) is 10.9 Å². The number of methoxy groups -OCH3 is 2. The van der Waals surface area contributed by atoms with Gasteiger partial charge in [-0.1, -0.05) is 0 Å². The van der Waals surface area contributed by atoms with E-state index in [1.807, 2.05) is 5.32 Å². The minimum atomic E-state index is -5.27. The highest BCUT2D eigenvalue weighted by atomic mass is 19.4. The second-order valence-corrected chi connectivity index (χ2v) is 7.04. The van der Waals surface area contributed by atoms with E-state index in [1.54, 1.807) is 0 Å². The van der Waals surface area contributed by atoms with E-state index >= 15 is 4.39 Å². The van der Waals surface area contributed by atoms with Crippen LogP contribution < -0.4 is 19.5 Å². The molecule has 0 aliphatic rings. The SMILES string of the molecule is [2H]C([2H])([2H])Oc1cc(OC(F)(F)F)ccc1Oc1ccc(C(F)(F)F)c(F)c1C(=O)Nc1ccc(C(=O)OC)cn1. The molecule has 1 N–H and O–H groups in total. The fraction of sp³-hybridized carbons (Fsp3) is 0.174. The molecule has 1 amide bonds. The minimum Gasteiger partial charge on any atom is -0.493 e. The zero-order valence-corrected chi connectivity index (χ0v) is 18.7. The number of alkyl halides is 6. The van der Waals surface area contributed by atoms with Crippen molar-refractivity contribution >= 4 is 17.7 Å². The zero-order valence-electron chi connectivity index (χ0n) is 21.7. The van der Waals surface area contributed by atoms with Crippen molar-refractivity contribution in [3.63, 3.8) is 0 Å². The summed E-state index contributed by atoms with van der Waals surface area (Å²) in [5, 5.41) is 2.02. The Balaban J connectivity index is 2.07. The first-order valence-corrected chi connectivity index (χ1v) is 9.90. The van der Waals surface area contributed by atoms with Crippen LogP contribution in [0.1, 0.15) is 30.4 Å². The summed E-state index contributed by atoms with van der Waals surface area (Å²) in [6.07, 6.45) is -9.51. The Bertz CT molecular complexity index is 1450. The summed E-state index contributed by atoms with van der Waals surface area (Å²) in [5.74, 6) is -8.29. The van der Waals surface area contributed by atoms with Crippen LogP contribution in [0.5, 0.6) is 23.0 Å². The first kappa shape index (κ1) is 23.8. The third-order valence-corrected chi connectivity index (χ3v) is 4.54. The maximum Gasteiger partial charge on any atom is 0.573 e. The molecule has 8 nitrogen and oxygen atoms in total. The quantitative estimate of drug-likeness (QED) is 0.285. The largest absolute Gasteiger partial charge is 0.573 e. The number of carbonyl (C=O) groups is 2. The third kappa shape index (κ3) is 6.60. The summed E-state index contributed by atoms with van der Waals surface area (Å²) in [6.45, 7) is 0. The molecule has 1 heterocycles. The molecule has 0 spiro atoms. The smallest absolute Gasteiger partial charge is 0.493 e. The molecule has 0 unspecified atom stereocenters. The Morgan fingerprint density at radius 2 is 1.68 bits per heavy atom. The lowest BCUT2D eigenvalue weighted by Crippen LogP contribution is -2.19. The van der Waals surface area contributed by atoms with Gasteiger partial charge < -0.3 is 24.3 Å². The average Bonchev–Trinajstić information content (AvgIpc) is 2.83. The normalized spacial score (nSPS) is 13.0. The van der Waals surface area contributed by atoms with E-state index in [9.17, 15) is 35.9 Å². The summed E-state index contributed by atoms with van der Waals surface area (Å²) in [6, 6.07) is 4.70. The molecule has 38 heavy (non-hydrogen) atoms. The van der Waals surface area contributed by atoms with Crippen molar-refractivity contribution in [3.8, 4) is 23.0 Å². The van der Waals surface area contributed by atoms with Gasteiger partial charge in [-0.2, -0.15) is 13.2 Å². The van der Waals surface area contributed by atoms with Gasteiger partial charge in [0.2, 0.25) is 0 Å². The van der Waals surface area contributed by atoms with Crippen LogP contribution in [-0.4, -0.2) is 37.4 Å². The standard InChI is InChI=1S/C23H15F7N2O6/c1-35-16-9-12(38-23(28,29)30)4-6-14(16)37-15-7-5-13(22(25,26)27)19(24)18(15)20(33)32-17-8-3-11(10-31-17)21(34)36-2/h3-10H,1-2H3,(H,31,32,33)/i1D3. The van der Waals surface area contributed by atoms with Gasteiger partial charge in [0.05, 0.1) is 29.4 Å². The molecule has 0 aliphatic heterocycles. The molecule has 0 saturated heterocycles. The van der Waals surface area contributed by atoms with Crippen LogP contribution in [0, 0.1) is 5.82 Å². The molecule has 3 aromatic rings. The summed E-state index contributed by atoms with van der Waals surface area (Å²) < 4.78 is 133. The first-order chi connectivity index (χ1) is 18.9. The predicted molar refractivity (Wildman–Crippen MR) is 115 cm³/mol. The highest BCUT2D eigenvalue weighted by Gasteiger charge is 2.38. The van der Waals surface area contributed by atoms with E-state index in [0.29, 0.717) is 24.3 Å². The minimum absolute atomic E-state index is 0.0560. The average molecular weight is 551 g/mol. The molecular formula is C23H15F7N2O6. The summed E-state index contributed by atoms with van der Waals surface area (Å²) in [4.78, 5) is 28.2. The Morgan fingerprint density at radius 1 is 0.974 bits per heavy atom. The van der Waals surface area contributed by atoms with Crippen LogP contribution in [0.4, 0.5) is 36.6 Å². The molecular weight excluding hydrogens is 533 g/mol. The highest BCUT2D eigenvalue weighted by Crippen LogP contribution is 2.40. The Labute approximate surface area is 213 Å². The topological polar surface area (TPSA) is 96.0 Å². The van der Waals surface area contributed by atoms with E-state index in [0.717, 1.165) is 25.4 Å². The Hall–Kier alpha value is -4.56. The van der Waals surface area contributed by atoms with E-state index < -0.39 is 71.4 Å². The molecule has 0 saturated carbocycles. The van der Waals surface area contributed by atoms with Gasteiger partial charge in [-0.15, -0.1) is 13.2 Å². The fourth-order valence-electron chi connectivity index (χ4n) is 2.93. The van der Waals surface area contributed by atoms with Gasteiger partial charge in [0.1, 0.15) is 22.9 Å². The number of anilines is 1. The molecule has 0 fully saturated rings. The van der Waals surface area contributed by atoms with Crippen LogP contribution in [0.2, 0.25) is 0 Å². The van der Waals surface area contributed by atoms with Crippen LogP contribution in [0.3, 0.4) is 0 Å². The van der Waals surface area contributed by atoms with Crippen LogP contribution in [0.15, 0.2) is 48.7 Å². The number of nitrogens with one attached hydrogen (secondary N) is 1. The predicted octanol–water partition coefficient (Wildman–Crippen LogP) is 5.98. The maximum atomic E-state index is 15.1. The van der Waals surface area contributed by atoms with Crippen molar-refractivity contribution in [1.82, 2.24) is 4.98 Å². The summed E-state index contributed by atoms with van der Waals surface area (Å²) >= 11 is 0. The zero-order chi connectivity index (χ0) is 30.8. The van der Waals surface area contributed by atoms with E-state index in [-0.39, 0.29) is 17.4 Å². The third-order valence-electron chi connectivity index (χ3n) is 4.54. The van der Waals surface area contributed by atoms with Crippen molar-refractivity contribution in [2.75, 3.05) is 19.5 Å². The van der Waals surface area contributed by atoms with Gasteiger partial charge in [-0.05, 0) is 36.4 Å². The number of aromatic nitrogens is 1. The summed E-state index contributed by atoms with van der Waals surface area (Å²) in [5.41, 5.74) is -3.27. The number of amides is 1. The molecule has 0 aliphatic carbocycles. The van der Waals surface area contributed by atoms with Gasteiger partial charge >= 0.3 is 18.5 Å². The molecule has 202 valence electrons. The maximum absolute atomic E-state index is 15.1. The lowest BCUT2D eigenvalue weighted by Gasteiger charge is -2.17. The van der Waals surface area contributed by atoms with Crippen molar-refractivity contribution < 1.29 is 63.4 Å². The van der Waals surface area contributed by atoms with Crippen LogP contribution in [0.25, 0.3) is 0 Å². The highest BCUT2D eigenvalue weighted by molar-refractivity contribution is 6.06. The molecule has 15 heteroatoms. The number of nitrogens with zero attached hydrogens (tertiary/aromatic N) is 1. The Morgan fingerprint density at radius 3 is 2.26 bits per heavy atom. The number of benzene rings is 2. The molecule has 3 rings (SSSR count). The molecule has 0 radical (unpaired) electrons. The number of carbonyl (C=O) groups excluding carboxylic acids is 2. The number of pyridine rings is 1. The molecule has 0 bridgehead atoms. The second-order valence-electron chi connectivity index (χ2n) is 7.04. The molecule has 1 aromatic heterocycles. The van der Waals surface area contributed by atoms with Gasteiger partial charge in [0.25, 0.3) is 5.91 Å². The van der Waals surface area contributed by atoms with Crippen molar-refractivity contribution in [2.24, 2.45) is 0 Å². The van der Waals surface area contributed by atoms with Gasteiger partial charge in [-0.3, -0.25) is 4.79 Å². The monoisotopic (exact) mass is 551 g/mol. The van der Waals surface area contributed by atoms with E-state index in [1.165, 1.54) is 0 Å². The lowest BCUT2D eigenvalue weighted by atomic mass is 10.1. The van der Waals surface area contributed by atoms with E-state index in [2.05, 4.69) is 19.2 Å². The first-order valence-electron chi connectivity index (χ1n) is 11.4. The molecule has 0 atom stereocenters. The Kier molecular flexibility index (Phi) is 6.78. The number of esters is 1. The van der Waals surface area contributed by atoms with Gasteiger partial charge in [-0.25, -0.2) is 14.2 Å². The van der Waals surface area contributed by atoms with Gasteiger partial charge in [0, 0.05) is 12.3 Å². The van der Waals surface area contributed by atoms with Crippen molar-refractivity contribution in [1.29, 1.82) is 0 Å². The van der Waals surface area contributed by atoms with Crippen molar-refractivity contribution in [2.45, 2.75) is 12.5 Å². The number of halogens is 7. The van der Waals surface area contributed by atoms with Gasteiger partial charge in [0.15, 0.2) is 17.3 Å². The summed E-state index contributed by atoms with van der Waals surface area (Å²) in [7, 11) is -2.18. The number of hydrogen-bond acceptors (Lipinski definition) is 7. The lowest BCUT2D eigenvalue weighted by molar-refractivity contribution is -0.274.